The molecule has 5 aromatic carbocycles. The maximum absolute atomic E-state index is 5.34. The van der Waals surface area contributed by atoms with Crippen LogP contribution in [-0.2, 0) is 5.41 Å². The van der Waals surface area contributed by atoms with Gasteiger partial charge in [0.1, 0.15) is 0 Å². The van der Waals surface area contributed by atoms with Crippen LogP contribution in [0.3, 0.4) is 0 Å². The van der Waals surface area contributed by atoms with E-state index < -0.39 is 0 Å². The predicted octanol–water partition coefficient (Wildman–Crippen LogP) is 14.3. The summed E-state index contributed by atoms with van der Waals surface area (Å²) in [6, 6.07) is 38.6. The monoisotopic (exact) mass is 765 g/mol. The summed E-state index contributed by atoms with van der Waals surface area (Å²) < 4.78 is 2.40. The second kappa shape index (κ2) is 15.7. The minimum atomic E-state index is -0.220. The Balaban J connectivity index is 1.10. The predicted molar refractivity (Wildman–Crippen MR) is 248 cm³/mol. The molecule has 0 radical (unpaired) electrons. The zero-order chi connectivity index (χ0) is 39.6. The molecular weight excluding hydrogens is 723 g/mol. The Labute approximate surface area is 344 Å². The molecular formula is C54H43N3S. The minimum Gasteiger partial charge on any atom is -0.208 e. The van der Waals surface area contributed by atoms with Gasteiger partial charge < -0.3 is 0 Å². The number of benzene rings is 5. The molecule has 58 heavy (non-hydrogen) atoms. The van der Waals surface area contributed by atoms with Crippen LogP contribution in [0.2, 0.25) is 0 Å². The van der Waals surface area contributed by atoms with Crippen molar-refractivity contribution in [3.63, 3.8) is 0 Å². The van der Waals surface area contributed by atoms with Crippen LogP contribution in [0.1, 0.15) is 30.5 Å². The minimum absolute atomic E-state index is 0.220. The molecule has 2 atom stereocenters. The number of hydrogen-bond acceptors (Lipinski definition) is 4. The summed E-state index contributed by atoms with van der Waals surface area (Å²) in [6.07, 6.45) is 27.3. The molecule has 2 unspecified atom stereocenters. The van der Waals surface area contributed by atoms with Crippen molar-refractivity contribution in [1.29, 1.82) is 0 Å². The van der Waals surface area contributed by atoms with Crippen LogP contribution >= 0.6 is 11.3 Å². The Bertz CT molecular complexity index is 2910. The fraction of sp³-hybridized carbons (Fsp3) is 0.0926. The Morgan fingerprint density at radius 2 is 1.28 bits per heavy atom. The number of fused-ring (bicyclic) bond motifs is 6. The highest BCUT2D eigenvalue weighted by atomic mass is 32.1. The van der Waals surface area contributed by atoms with Crippen LogP contribution in [-0.4, -0.2) is 15.0 Å². The second-order valence-corrected chi connectivity index (χ2v) is 16.3. The number of allylic oxidation sites excluding steroid dienone is 14. The van der Waals surface area contributed by atoms with E-state index in [1.807, 2.05) is 30.4 Å². The third-order valence-corrected chi connectivity index (χ3v) is 12.4. The van der Waals surface area contributed by atoms with E-state index in [9.17, 15) is 0 Å². The molecule has 0 saturated carbocycles. The molecule has 2 aromatic heterocycles. The third-order valence-electron chi connectivity index (χ3n) is 11.3. The lowest BCUT2D eigenvalue weighted by Crippen LogP contribution is -2.17. The molecule has 4 heteroatoms. The van der Waals surface area contributed by atoms with Crippen molar-refractivity contribution in [2.24, 2.45) is 11.8 Å². The maximum Gasteiger partial charge on any atom is 0.164 e. The number of rotatable bonds is 10. The molecule has 2 aliphatic carbocycles. The quantitative estimate of drug-likeness (QED) is 0.130. The van der Waals surface area contributed by atoms with Crippen LogP contribution in [0.15, 0.2) is 201 Å². The van der Waals surface area contributed by atoms with Gasteiger partial charge in [-0.3, -0.25) is 0 Å². The number of nitrogens with zero attached hydrogens (tertiary/aromatic N) is 3. The van der Waals surface area contributed by atoms with Gasteiger partial charge in [0.2, 0.25) is 0 Å². The zero-order valence-corrected chi connectivity index (χ0v) is 33.5. The summed E-state index contributed by atoms with van der Waals surface area (Å²) in [5.74, 6) is 2.58. The third kappa shape index (κ3) is 6.86. The first-order valence-electron chi connectivity index (χ1n) is 19.8. The van der Waals surface area contributed by atoms with Gasteiger partial charge in [0.25, 0.3) is 0 Å². The molecule has 2 aliphatic rings. The van der Waals surface area contributed by atoms with Crippen LogP contribution in [0, 0.1) is 11.8 Å². The largest absolute Gasteiger partial charge is 0.208 e. The molecule has 0 N–H and O–H groups in total. The average Bonchev–Trinajstić information content (AvgIpc) is 3.76. The van der Waals surface area contributed by atoms with E-state index in [-0.39, 0.29) is 11.3 Å². The van der Waals surface area contributed by atoms with E-state index in [0.29, 0.717) is 23.4 Å². The molecule has 0 bridgehead atoms. The summed E-state index contributed by atoms with van der Waals surface area (Å²) in [5, 5.41) is 2.31. The van der Waals surface area contributed by atoms with Crippen LogP contribution in [0.5, 0.6) is 0 Å². The van der Waals surface area contributed by atoms with Gasteiger partial charge >= 0.3 is 0 Å². The Kier molecular flexibility index (Phi) is 9.95. The summed E-state index contributed by atoms with van der Waals surface area (Å²) in [5.41, 5.74) is 9.85. The standard InChI is InChI=1S/C54H43N3S/c1-5-6-7-9-21-37-23-14-15-24-38(37)22-13-12-20-36(2)40-33-34-47-45(35-40)49-43(29-19-32-48(49)58-47)52-55-51(39-25-10-8-11-26-39)56-53(57-52)44-30-18-28-42-41-27-16-17-31-46(41)54(3,4)50(42)44/h5-35,37-38H,1-2H2,3-4H3/b7-6-,20-12-,21-9+,22-13+. The molecule has 7 aromatic rings. The average molecular weight is 766 g/mol. The van der Waals surface area contributed by atoms with Crippen molar-refractivity contribution in [2.75, 3.05) is 0 Å². The maximum atomic E-state index is 5.34. The van der Waals surface area contributed by atoms with E-state index in [1.165, 1.54) is 31.7 Å². The highest BCUT2D eigenvalue weighted by Gasteiger charge is 2.38. The molecule has 0 fully saturated rings. The molecule has 0 aliphatic heterocycles. The van der Waals surface area contributed by atoms with Crippen LogP contribution in [0.4, 0.5) is 0 Å². The first kappa shape index (κ1) is 36.9. The summed E-state index contributed by atoms with van der Waals surface area (Å²) >= 11 is 1.79. The summed E-state index contributed by atoms with van der Waals surface area (Å²) in [4.78, 5) is 15.8. The summed E-state index contributed by atoms with van der Waals surface area (Å²) in [7, 11) is 0. The lowest BCUT2D eigenvalue weighted by Gasteiger charge is -2.24. The van der Waals surface area contributed by atoms with Gasteiger partial charge in [-0.25, -0.2) is 15.0 Å². The topological polar surface area (TPSA) is 38.7 Å². The van der Waals surface area contributed by atoms with Crippen molar-refractivity contribution in [3.05, 3.63) is 218 Å². The Morgan fingerprint density at radius 1 is 0.621 bits per heavy atom. The van der Waals surface area contributed by atoms with Crippen LogP contribution in [0.25, 0.3) is 71.0 Å². The molecule has 9 rings (SSSR count). The van der Waals surface area contributed by atoms with E-state index in [2.05, 4.69) is 179 Å². The molecule has 280 valence electrons. The first-order chi connectivity index (χ1) is 28.4. The fourth-order valence-corrected chi connectivity index (χ4v) is 9.51. The molecule has 0 saturated heterocycles. The van der Waals surface area contributed by atoms with E-state index in [4.69, 9.17) is 15.0 Å². The van der Waals surface area contributed by atoms with E-state index in [0.717, 1.165) is 38.6 Å². The van der Waals surface area contributed by atoms with Gasteiger partial charge in [-0.2, -0.15) is 0 Å². The lowest BCUT2D eigenvalue weighted by atomic mass is 9.80. The highest BCUT2D eigenvalue weighted by molar-refractivity contribution is 7.25. The number of hydrogen-bond donors (Lipinski definition) is 0. The lowest BCUT2D eigenvalue weighted by molar-refractivity contribution is 0.661. The Hall–Kier alpha value is -6.75. The van der Waals surface area contributed by atoms with Crippen molar-refractivity contribution in [3.8, 4) is 45.3 Å². The normalized spacial score (nSPS) is 17.0. The van der Waals surface area contributed by atoms with Gasteiger partial charge in [0, 0.05) is 54.1 Å². The van der Waals surface area contributed by atoms with Gasteiger partial charge in [0.05, 0.1) is 0 Å². The number of thiophene rings is 1. The van der Waals surface area contributed by atoms with Gasteiger partial charge in [-0.1, -0.05) is 197 Å². The van der Waals surface area contributed by atoms with Crippen molar-refractivity contribution in [2.45, 2.75) is 19.3 Å². The molecule has 0 amide bonds. The van der Waals surface area contributed by atoms with Crippen molar-refractivity contribution < 1.29 is 0 Å². The van der Waals surface area contributed by atoms with E-state index in [1.54, 1.807) is 17.4 Å². The first-order valence-corrected chi connectivity index (χ1v) is 20.6. The zero-order valence-electron chi connectivity index (χ0n) is 32.7. The van der Waals surface area contributed by atoms with Crippen molar-refractivity contribution in [1.82, 2.24) is 15.0 Å². The highest BCUT2D eigenvalue weighted by Crippen LogP contribution is 2.52. The van der Waals surface area contributed by atoms with E-state index >= 15 is 0 Å². The molecule has 0 spiro atoms. The van der Waals surface area contributed by atoms with Gasteiger partial charge in [-0.05, 0) is 51.6 Å². The van der Waals surface area contributed by atoms with Gasteiger partial charge in [0.15, 0.2) is 17.5 Å². The molecule has 3 nitrogen and oxygen atoms in total. The SMILES string of the molecule is C=C/C=C\C=C\C1C=CC=CC1/C=C/C=C\C(=C)c1ccc2sc3cccc(-c4nc(-c5ccccc5)nc(-c5cccc6c5C(C)(C)c5ccccc5-6)n4)c3c2c1. The second-order valence-electron chi connectivity index (χ2n) is 15.3. The summed E-state index contributed by atoms with van der Waals surface area (Å²) in [6.45, 7) is 12.8. The van der Waals surface area contributed by atoms with Crippen LogP contribution < -0.4 is 0 Å². The fourth-order valence-electron chi connectivity index (χ4n) is 8.40. The number of aromatic nitrogens is 3. The van der Waals surface area contributed by atoms with Gasteiger partial charge in [-0.15, -0.1) is 11.3 Å². The van der Waals surface area contributed by atoms with Crippen molar-refractivity contribution >= 4 is 37.1 Å². The molecule has 2 heterocycles. The Morgan fingerprint density at radius 3 is 2.07 bits per heavy atom. The smallest absolute Gasteiger partial charge is 0.164 e.